The quantitative estimate of drug-likeness (QED) is 0.628. The van der Waals surface area contributed by atoms with Crippen LogP contribution in [0.3, 0.4) is 0 Å². The second-order valence-electron chi connectivity index (χ2n) is 6.79. The van der Waals surface area contributed by atoms with Crippen LogP contribution in [0.25, 0.3) is 21.2 Å². The van der Waals surface area contributed by atoms with Crippen LogP contribution in [0.15, 0.2) is 47.3 Å². The number of rotatable bonds is 3. The van der Waals surface area contributed by atoms with Gasteiger partial charge in [0.15, 0.2) is 5.43 Å². The predicted octanol–water partition coefficient (Wildman–Crippen LogP) is 5.45. The minimum atomic E-state index is 0.250. The van der Waals surface area contributed by atoms with Gasteiger partial charge in [-0.2, -0.15) is 0 Å². The Morgan fingerprint density at radius 2 is 1.88 bits per heavy atom. The number of benzene rings is 2. The van der Waals surface area contributed by atoms with Crippen LogP contribution >= 0.6 is 11.3 Å². The van der Waals surface area contributed by atoms with Crippen LogP contribution in [0.2, 0.25) is 0 Å². The summed E-state index contributed by atoms with van der Waals surface area (Å²) in [6.45, 7) is 2.25. The minimum Gasteiger partial charge on any atom is -0.497 e. The lowest BCUT2D eigenvalue weighted by atomic mass is 9.86. The second-order valence-corrected chi connectivity index (χ2v) is 7.93. The van der Waals surface area contributed by atoms with Gasteiger partial charge >= 0.3 is 0 Å². The maximum absolute atomic E-state index is 12.9. The molecule has 0 saturated carbocycles. The Balaban J connectivity index is 1.81. The summed E-state index contributed by atoms with van der Waals surface area (Å²) in [5.41, 5.74) is 3.61. The largest absolute Gasteiger partial charge is 0.497 e. The molecular weight excluding hydrogens is 328 g/mol. The zero-order chi connectivity index (χ0) is 17.4. The molecule has 25 heavy (non-hydrogen) atoms. The SMILES string of the molecule is CCC1CCc2c(sc3cc(-c4ccc(OC)cc4)ccc3c2=O)C1. The Morgan fingerprint density at radius 3 is 2.60 bits per heavy atom. The van der Waals surface area contributed by atoms with Crippen LogP contribution in [0.4, 0.5) is 0 Å². The molecule has 2 aromatic carbocycles. The number of hydrogen-bond donors (Lipinski definition) is 0. The fraction of sp³-hybridized carbons (Fsp3) is 0.318. The van der Waals surface area contributed by atoms with Crippen molar-refractivity contribution in [3.63, 3.8) is 0 Å². The topological polar surface area (TPSA) is 26.3 Å². The van der Waals surface area contributed by atoms with E-state index >= 15 is 0 Å². The highest BCUT2D eigenvalue weighted by atomic mass is 32.1. The normalized spacial score (nSPS) is 16.6. The van der Waals surface area contributed by atoms with Gasteiger partial charge in [-0.3, -0.25) is 4.79 Å². The van der Waals surface area contributed by atoms with Crippen molar-refractivity contribution in [3.05, 3.63) is 63.1 Å². The molecule has 1 atom stereocenters. The van der Waals surface area contributed by atoms with Crippen molar-refractivity contribution in [2.75, 3.05) is 7.11 Å². The number of methoxy groups -OCH3 is 1. The summed E-state index contributed by atoms with van der Waals surface area (Å²) in [5, 5.41) is 0.871. The van der Waals surface area contributed by atoms with Gasteiger partial charge in [-0.15, -0.1) is 11.3 Å². The van der Waals surface area contributed by atoms with Gasteiger partial charge in [-0.1, -0.05) is 31.5 Å². The van der Waals surface area contributed by atoms with Crippen LogP contribution in [0.5, 0.6) is 5.75 Å². The molecule has 3 aromatic rings. The third-order valence-electron chi connectivity index (χ3n) is 5.35. The van der Waals surface area contributed by atoms with Crippen molar-refractivity contribution < 1.29 is 4.74 Å². The molecule has 128 valence electrons. The highest BCUT2D eigenvalue weighted by molar-refractivity contribution is 7.18. The van der Waals surface area contributed by atoms with Gasteiger partial charge in [0, 0.05) is 20.5 Å². The first-order chi connectivity index (χ1) is 12.2. The second kappa shape index (κ2) is 6.64. The maximum Gasteiger partial charge on any atom is 0.191 e. The van der Waals surface area contributed by atoms with E-state index < -0.39 is 0 Å². The van der Waals surface area contributed by atoms with Crippen molar-refractivity contribution >= 4 is 21.4 Å². The van der Waals surface area contributed by atoms with Crippen molar-refractivity contribution in [2.24, 2.45) is 5.92 Å². The van der Waals surface area contributed by atoms with E-state index in [1.54, 1.807) is 7.11 Å². The third-order valence-corrected chi connectivity index (χ3v) is 6.56. The standard InChI is InChI=1S/C22H22O2S/c1-3-14-4-10-18-20(12-14)25-21-13-16(7-11-19(21)22(18)23)15-5-8-17(24-2)9-6-15/h5-9,11,13-14H,3-4,10,12H2,1-2H3. The Hall–Kier alpha value is -2.13. The lowest BCUT2D eigenvalue weighted by molar-refractivity contribution is 0.415. The zero-order valence-corrected chi connectivity index (χ0v) is 15.5. The Labute approximate surface area is 152 Å². The van der Waals surface area contributed by atoms with E-state index in [9.17, 15) is 4.79 Å². The molecule has 1 unspecified atom stereocenters. The average Bonchev–Trinajstić information content (AvgIpc) is 2.67. The van der Waals surface area contributed by atoms with Gasteiger partial charge in [0.05, 0.1) is 7.11 Å². The highest BCUT2D eigenvalue weighted by Gasteiger charge is 2.21. The van der Waals surface area contributed by atoms with E-state index in [2.05, 4.69) is 31.2 Å². The summed E-state index contributed by atoms with van der Waals surface area (Å²) < 4.78 is 6.34. The molecule has 0 amide bonds. The first-order valence-electron chi connectivity index (χ1n) is 8.92. The molecule has 1 aliphatic rings. The molecule has 0 radical (unpaired) electrons. The van der Waals surface area contributed by atoms with Crippen molar-refractivity contribution in [2.45, 2.75) is 32.6 Å². The van der Waals surface area contributed by atoms with E-state index in [1.165, 1.54) is 11.3 Å². The molecule has 4 rings (SSSR count). The Bertz CT molecular complexity index is 970. The molecule has 3 heteroatoms. The minimum absolute atomic E-state index is 0.250. The number of fused-ring (bicyclic) bond motifs is 2. The fourth-order valence-corrected chi connectivity index (χ4v) is 5.08. The summed E-state index contributed by atoms with van der Waals surface area (Å²) in [6, 6.07) is 14.3. The molecule has 0 N–H and O–H groups in total. The molecule has 1 aliphatic carbocycles. The van der Waals surface area contributed by atoms with Crippen LogP contribution < -0.4 is 10.2 Å². The summed E-state index contributed by atoms with van der Waals surface area (Å²) in [5.74, 6) is 1.58. The van der Waals surface area contributed by atoms with Crippen molar-refractivity contribution in [3.8, 4) is 16.9 Å². The van der Waals surface area contributed by atoms with Crippen LogP contribution in [0, 0.1) is 5.92 Å². The fourth-order valence-electron chi connectivity index (χ4n) is 3.72. The van der Waals surface area contributed by atoms with Crippen molar-refractivity contribution in [1.29, 1.82) is 0 Å². The van der Waals surface area contributed by atoms with Gasteiger partial charge in [-0.05, 0) is 60.6 Å². The molecule has 0 saturated heterocycles. The molecule has 2 nitrogen and oxygen atoms in total. The summed E-state index contributed by atoms with van der Waals surface area (Å²) >= 11 is 1.81. The molecule has 0 aliphatic heterocycles. The van der Waals surface area contributed by atoms with E-state index in [0.29, 0.717) is 0 Å². The monoisotopic (exact) mass is 350 g/mol. The highest BCUT2D eigenvalue weighted by Crippen LogP contribution is 2.34. The molecule has 0 fully saturated rings. The van der Waals surface area contributed by atoms with Gasteiger partial charge in [0.1, 0.15) is 5.75 Å². The molecule has 1 heterocycles. The van der Waals surface area contributed by atoms with Gasteiger partial charge in [0.2, 0.25) is 0 Å². The number of ether oxygens (including phenoxy) is 1. The zero-order valence-electron chi connectivity index (χ0n) is 14.7. The van der Waals surface area contributed by atoms with Gasteiger partial charge in [0.25, 0.3) is 0 Å². The van der Waals surface area contributed by atoms with Crippen molar-refractivity contribution in [1.82, 2.24) is 0 Å². The summed E-state index contributed by atoms with van der Waals surface area (Å²) in [7, 11) is 1.68. The Kier molecular flexibility index (Phi) is 4.34. The third kappa shape index (κ3) is 2.98. The van der Waals surface area contributed by atoms with Crippen LogP contribution in [0.1, 0.15) is 30.2 Å². The lowest BCUT2D eigenvalue weighted by Gasteiger charge is -2.22. The average molecular weight is 350 g/mol. The van der Waals surface area contributed by atoms with E-state index in [1.807, 2.05) is 29.5 Å². The first kappa shape index (κ1) is 16.3. The summed E-state index contributed by atoms with van der Waals surface area (Å²) in [4.78, 5) is 14.2. The van der Waals surface area contributed by atoms with Crippen LogP contribution in [-0.2, 0) is 12.8 Å². The maximum atomic E-state index is 12.9. The Morgan fingerprint density at radius 1 is 1.12 bits per heavy atom. The summed E-state index contributed by atoms with van der Waals surface area (Å²) in [6.07, 6.45) is 4.36. The van der Waals surface area contributed by atoms with E-state index in [-0.39, 0.29) is 5.43 Å². The predicted molar refractivity (Wildman–Crippen MR) is 106 cm³/mol. The molecule has 0 spiro atoms. The first-order valence-corrected chi connectivity index (χ1v) is 9.74. The smallest absolute Gasteiger partial charge is 0.191 e. The van der Waals surface area contributed by atoms with E-state index in [4.69, 9.17) is 4.74 Å². The number of hydrogen-bond acceptors (Lipinski definition) is 3. The molecule has 1 aromatic heterocycles. The van der Waals surface area contributed by atoms with Gasteiger partial charge in [-0.25, -0.2) is 0 Å². The lowest BCUT2D eigenvalue weighted by Crippen LogP contribution is -2.20. The van der Waals surface area contributed by atoms with Gasteiger partial charge < -0.3 is 4.74 Å². The van der Waals surface area contributed by atoms with Crippen LogP contribution in [-0.4, -0.2) is 7.11 Å². The molecule has 0 bridgehead atoms. The molecular formula is C22H22O2S. The van der Waals surface area contributed by atoms with E-state index in [0.717, 1.165) is 57.7 Å².